The molecule has 32 heavy (non-hydrogen) atoms. The molecular formula is C19H18FN7O4S. The van der Waals surface area contributed by atoms with Gasteiger partial charge in [0, 0.05) is 24.3 Å². The summed E-state index contributed by atoms with van der Waals surface area (Å²) in [5, 5.41) is 16.1. The fourth-order valence-corrected chi connectivity index (χ4v) is 4.62. The molecule has 1 aromatic heterocycles. The van der Waals surface area contributed by atoms with E-state index >= 15 is 0 Å². The van der Waals surface area contributed by atoms with Crippen molar-refractivity contribution in [1.82, 2.24) is 29.8 Å². The highest BCUT2D eigenvalue weighted by Gasteiger charge is 2.29. The summed E-state index contributed by atoms with van der Waals surface area (Å²) in [5.41, 5.74) is 0.393. The molecule has 1 aliphatic rings. The number of rotatable bonds is 5. The minimum Gasteiger partial charge on any atom is -0.354 e. The first-order valence-electron chi connectivity index (χ1n) is 9.49. The second kappa shape index (κ2) is 8.43. The van der Waals surface area contributed by atoms with Gasteiger partial charge >= 0.3 is 0 Å². The number of hydrogen-bond donors (Lipinski definition) is 2. The zero-order valence-electron chi connectivity index (χ0n) is 16.8. The van der Waals surface area contributed by atoms with Gasteiger partial charge in [0.15, 0.2) is 5.82 Å². The summed E-state index contributed by atoms with van der Waals surface area (Å²) in [5.74, 6) is -1.21. The predicted octanol–water partition coefficient (Wildman–Crippen LogP) is 0.483. The number of tetrazole rings is 1. The molecule has 0 radical (unpaired) electrons. The van der Waals surface area contributed by atoms with Gasteiger partial charge in [0.25, 0.3) is 5.91 Å². The molecule has 1 saturated heterocycles. The molecule has 1 aliphatic heterocycles. The number of aromatic nitrogens is 4. The van der Waals surface area contributed by atoms with Crippen molar-refractivity contribution in [2.75, 3.05) is 25.0 Å². The highest BCUT2D eigenvalue weighted by atomic mass is 32.2. The lowest BCUT2D eigenvalue weighted by Gasteiger charge is -2.26. The topological polar surface area (TPSA) is 139 Å². The Bertz CT molecular complexity index is 1310. The van der Waals surface area contributed by atoms with Gasteiger partial charge in [-0.1, -0.05) is 6.07 Å². The molecule has 0 saturated carbocycles. The number of halogens is 1. The van der Waals surface area contributed by atoms with Gasteiger partial charge in [0.2, 0.25) is 15.9 Å². The van der Waals surface area contributed by atoms with Crippen LogP contribution in [0.25, 0.3) is 5.69 Å². The van der Waals surface area contributed by atoms with E-state index in [-0.39, 0.29) is 41.5 Å². The van der Waals surface area contributed by atoms with Crippen LogP contribution in [0.15, 0.2) is 47.4 Å². The largest absolute Gasteiger partial charge is 0.354 e. The molecule has 4 rings (SSSR count). The minimum atomic E-state index is -3.95. The lowest BCUT2D eigenvalue weighted by Crippen LogP contribution is -2.49. The quantitative estimate of drug-likeness (QED) is 0.566. The zero-order valence-corrected chi connectivity index (χ0v) is 17.6. The van der Waals surface area contributed by atoms with Gasteiger partial charge < -0.3 is 10.6 Å². The van der Waals surface area contributed by atoms with Crippen molar-refractivity contribution in [2.24, 2.45) is 0 Å². The van der Waals surface area contributed by atoms with Crippen LogP contribution in [0.1, 0.15) is 16.2 Å². The molecule has 0 aliphatic carbocycles. The van der Waals surface area contributed by atoms with Crippen molar-refractivity contribution < 1.29 is 22.4 Å². The number of piperazine rings is 1. The standard InChI is InChI=1S/C19H18FN7O4S/c1-12-23-24-25-27(12)17-10-14(5-6-16(17)20)22-19(29)13-3-2-4-15(9-13)32(30,31)26-8-7-21-18(28)11-26/h2-6,9-10H,7-8,11H2,1H3,(H,21,28)(H,22,29). The Labute approximate surface area is 182 Å². The van der Waals surface area contributed by atoms with Gasteiger partial charge in [-0.25, -0.2) is 12.8 Å². The molecule has 1 fully saturated rings. The van der Waals surface area contributed by atoms with Crippen LogP contribution in [-0.4, -0.2) is 64.4 Å². The molecular weight excluding hydrogens is 441 g/mol. The summed E-state index contributed by atoms with van der Waals surface area (Å²) in [6.07, 6.45) is 0. The summed E-state index contributed by atoms with van der Waals surface area (Å²) in [6, 6.07) is 9.36. The number of nitrogens with zero attached hydrogens (tertiary/aromatic N) is 5. The maximum atomic E-state index is 14.2. The average Bonchev–Trinajstić information content (AvgIpc) is 3.20. The number of hydrogen-bond acceptors (Lipinski definition) is 7. The van der Waals surface area contributed by atoms with Gasteiger partial charge in [0.1, 0.15) is 11.5 Å². The van der Waals surface area contributed by atoms with E-state index in [1.807, 2.05) is 0 Å². The molecule has 2 amide bonds. The van der Waals surface area contributed by atoms with Crippen molar-refractivity contribution in [1.29, 1.82) is 0 Å². The van der Waals surface area contributed by atoms with Crippen molar-refractivity contribution in [3.63, 3.8) is 0 Å². The molecule has 3 aromatic rings. The molecule has 13 heteroatoms. The van der Waals surface area contributed by atoms with Gasteiger partial charge in [0.05, 0.1) is 11.4 Å². The van der Waals surface area contributed by atoms with E-state index < -0.39 is 27.7 Å². The molecule has 0 spiro atoms. The van der Waals surface area contributed by atoms with E-state index in [0.717, 1.165) is 10.4 Å². The highest BCUT2D eigenvalue weighted by molar-refractivity contribution is 7.89. The number of sulfonamides is 1. The molecule has 166 valence electrons. The van der Waals surface area contributed by atoms with E-state index in [2.05, 4.69) is 26.2 Å². The number of carbonyl (C=O) groups excluding carboxylic acids is 2. The van der Waals surface area contributed by atoms with Crippen LogP contribution in [-0.2, 0) is 14.8 Å². The summed E-state index contributed by atoms with van der Waals surface area (Å²) >= 11 is 0. The summed E-state index contributed by atoms with van der Waals surface area (Å²) in [7, 11) is -3.95. The van der Waals surface area contributed by atoms with Crippen LogP contribution in [0, 0.1) is 12.7 Å². The predicted molar refractivity (Wildman–Crippen MR) is 110 cm³/mol. The molecule has 0 atom stereocenters. The smallest absolute Gasteiger partial charge is 0.255 e. The number of carbonyl (C=O) groups is 2. The van der Waals surface area contributed by atoms with Crippen LogP contribution in [0.5, 0.6) is 0 Å². The van der Waals surface area contributed by atoms with E-state index in [4.69, 9.17) is 0 Å². The summed E-state index contributed by atoms with van der Waals surface area (Å²) in [4.78, 5) is 24.2. The van der Waals surface area contributed by atoms with Crippen molar-refractivity contribution in [3.05, 3.63) is 59.7 Å². The Kier molecular flexibility index (Phi) is 5.67. The first kappa shape index (κ1) is 21.5. The minimum absolute atomic E-state index is 0.0463. The van der Waals surface area contributed by atoms with Crippen molar-refractivity contribution in [2.45, 2.75) is 11.8 Å². The summed E-state index contributed by atoms with van der Waals surface area (Å²) in [6.45, 7) is 1.67. The second-order valence-corrected chi connectivity index (χ2v) is 8.91. The monoisotopic (exact) mass is 459 g/mol. The third-order valence-electron chi connectivity index (χ3n) is 4.79. The van der Waals surface area contributed by atoms with Crippen LogP contribution in [0.4, 0.5) is 10.1 Å². The van der Waals surface area contributed by atoms with Crippen molar-refractivity contribution in [3.8, 4) is 5.69 Å². The molecule has 0 bridgehead atoms. The van der Waals surface area contributed by atoms with E-state index in [1.165, 1.54) is 41.1 Å². The normalized spacial score (nSPS) is 14.8. The lowest BCUT2D eigenvalue weighted by atomic mass is 10.2. The van der Waals surface area contributed by atoms with E-state index in [1.54, 1.807) is 6.92 Å². The fraction of sp³-hybridized carbons (Fsp3) is 0.211. The Morgan fingerprint density at radius 1 is 1.22 bits per heavy atom. The van der Waals surface area contributed by atoms with Crippen LogP contribution in [0.2, 0.25) is 0 Å². The molecule has 11 nitrogen and oxygen atoms in total. The van der Waals surface area contributed by atoms with Crippen LogP contribution >= 0.6 is 0 Å². The first-order valence-corrected chi connectivity index (χ1v) is 10.9. The van der Waals surface area contributed by atoms with Gasteiger partial charge in [-0.05, 0) is 53.7 Å². The Morgan fingerprint density at radius 3 is 2.75 bits per heavy atom. The third kappa shape index (κ3) is 4.20. The van der Waals surface area contributed by atoms with Gasteiger partial charge in [-0.15, -0.1) is 5.10 Å². The van der Waals surface area contributed by atoms with Crippen LogP contribution in [0.3, 0.4) is 0 Å². The second-order valence-electron chi connectivity index (χ2n) is 6.97. The van der Waals surface area contributed by atoms with Crippen LogP contribution < -0.4 is 10.6 Å². The number of nitrogens with one attached hydrogen (secondary N) is 2. The number of amides is 2. The number of anilines is 1. The highest BCUT2D eigenvalue weighted by Crippen LogP contribution is 2.21. The molecule has 2 N–H and O–H groups in total. The maximum Gasteiger partial charge on any atom is 0.255 e. The summed E-state index contributed by atoms with van der Waals surface area (Å²) < 4.78 is 42.2. The fourth-order valence-electron chi connectivity index (χ4n) is 3.18. The van der Waals surface area contributed by atoms with E-state index in [9.17, 15) is 22.4 Å². The Morgan fingerprint density at radius 2 is 2.03 bits per heavy atom. The first-order chi connectivity index (χ1) is 15.3. The number of aryl methyl sites for hydroxylation is 1. The number of benzene rings is 2. The Balaban J connectivity index is 1.58. The molecule has 2 aromatic carbocycles. The average molecular weight is 459 g/mol. The maximum absolute atomic E-state index is 14.2. The SMILES string of the molecule is Cc1nnnn1-c1cc(NC(=O)c2cccc(S(=O)(=O)N3CCNC(=O)C3)c2)ccc1F. The van der Waals surface area contributed by atoms with Gasteiger partial charge in [-0.3, -0.25) is 9.59 Å². The Hall–Kier alpha value is -3.71. The lowest BCUT2D eigenvalue weighted by molar-refractivity contribution is -0.122. The molecule has 0 unspecified atom stereocenters. The third-order valence-corrected chi connectivity index (χ3v) is 6.64. The van der Waals surface area contributed by atoms with E-state index in [0.29, 0.717) is 5.82 Å². The van der Waals surface area contributed by atoms with Crippen molar-refractivity contribution >= 4 is 27.5 Å². The van der Waals surface area contributed by atoms with Gasteiger partial charge in [-0.2, -0.15) is 8.99 Å². The molecule has 2 heterocycles. The zero-order chi connectivity index (χ0) is 22.9.